The van der Waals surface area contributed by atoms with Crippen molar-refractivity contribution in [2.45, 2.75) is 33.2 Å². The second-order valence-corrected chi connectivity index (χ2v) is 5.33. The number of aryl methyl sites for hydroxylation is 2. The van der Waals surface area contributed by atoms with Gasteiger partial charge in [0, 0.05) is 17.8 Å². The Bertz CT molecular complexity index is 596. The smallest absolute Gasteiger partial charge is 0.217 e. The minimum Gasteiger partial charge on any atom is -0.481 e. The fraction of sp³-hybridized carbons (Fsp3) is 0.389. The lowest BCUT2D eigenvalue weighted by Gasteiger charge is -2.20. The molecule has 1 aromatic heterocycles. The molecule has 0 aliphatic carbocycles. The van der Waals surface area contributed by atoms with Crippen LogP contribution in [0.4, 0.5) is 0 Å². The normalized spacial score (nSPS) is 12.2. The van der Waals surface area contributed by atoms with Gasteiger partial charge in [-0.05, 0) is 49.6 Å². The summed E-state index contributed by atoms with van der Waals surface area (Å²) in [7, 11) is 1.67. The Morgan fingerprint density at radius 2 is 2.00 bits per heavy atom. The van der Waals surface area contributed by atoms with Crippen LogP contribution in [-0.4, -0.2) is 18.6 Å². The zero-order valence-corrected chi connectivity index (χ0v) is 13.3. The van der Waals surface area contributed by atoms with Gasteiger partial charge in [-0.15, -0.1) is 0 Å². The quantitative estimate of drug-likeness (QED) is 0.880. The summed E-state index contributed by atoms with van der Waals surface area (Å²) in [5, 5.41) is 3.54. The molecule has 0 aliphatic heterocycles. The van der Waals surface area contributed by atoms with Crippen LogP contribution in [0, 0.1) is 13.8 Å². The lowest BCUT2D eigenvalue weighted by Crippen LogP contribution is -2.23. The number of pyridine rings is 1. The van der Waals surface area contributed by atoms with Crippen LogP contribution in [0.15, 0.2) is 36.5 Å². The van der Waals surface area contributed by atoms with Crippen molar-refractivity contribution in [3.05, 3.63) is 58.8 Å². The SMILES string of the molecule is CCNC(Cc1ccc(C)c(C)c1)c1cccnc1OC. The molecule has 2 aromatic rings. The van der Waals surface area contributed by atoms with E-state index in [9.17, 15) is 0 Å². The molecule has 0 fully saturated rings. The molecule has 0 saturated carbocycles. The first-order valence-corrected chi connectivity index (χ1v) is 7.44. The van der Waals surface area contributed by atoms with Gasteiger partial charge in [-0.1, -0.05) is 31.2 Å². The zero-order chi connectivity index (χ0) is 15.2. The number of nitrogens with one attached hydrogen (secondary N) is 1. The van der Waals surface area contributed by atoms with E-state index in [1.165, 1.54) is 16.7 Å². The van der Waals surface area contributed by atoms with E-state index in [0.717, 1.165) is 18.5 Å². The number of hydrogen-bond donors (Lipinski definition) is 1. The van der Waals surface area contributed by atoms with Gasteiger partial charge in [0.1, 0.15) is 0 Å². The predicted molar refractivity (Wildman–Crippen MR) is 86.8 cm³/mol. The number of aromatic nitrogens is 1. The molecular weight excluding hydrogens is 260 g/mol. The molecule has 0 aliphatic rings. The molecule has 21 heavy (non-hydrogen) atoms. The Morgan fingerprint density at radius 3 is 2.67 bits per heavy atom. The summed E-state index contributed by atoms with van der Waals surface area (Å²) in [5.41, 5.74) is 5.11. The van der Waals surface area contributed by atoms with Gasteiger partial charge in [0.05, 0.1) is 7.11 Å². The highest BCUT2D eigenvalue weighted by atomic mass is 16.5. The highest BCUT2D eigenvalue weighted by Crippen LogP contribution is 2.26. The lowest BCUT2D eigenvalue weighted by molar-refractivity contribution is 0.382. The summed E-state index contributed by atoms with van der Waals surface area (Å²) < 4.78 is 5.40. The van der Waals surface area contributed by atoms with Crippen LogP contribution in [0.5, 0.6) is 5.88 Å². The number of rotatable bonds is 6. The summed E-state index contributed by atoms with van der Waals surface area (Å²) in [6.45, 7) is 7.33. The second-order valence-electron chi connectivity index (χ2n) is 5.33. The maximum atomic E-state index is 5.40. The Kier molecular flexibility index (Phi) is 5.34. The maximum Gasteiger partial charge on any atom is 0.217 e. The van der Waals surface area contributed by atoms with Gasteiger partial charge in [-0.3, -0.25) is 0 Å². The summed E-state index contributed by atoms with van der Waals surface area (Å²) >= 11 is 0. The minimum atomic E-state index is 0.209. The van der Waals surface area contributed by atoms with E-state index in [2.05, 4.69) is 55.3 Å². The van der Waals surface area contributed by atoms with Gasteiger partial charge < -0.3 is 10.1 Å². The van der Waals surface area contributed by atoms with Crippen molar-refractivity contribution in [1.29, 1.82) is 0 Å². The van der Waals surface area contributed by atoms with Crippen molar-refractivity contribution in [1.82, 2.24) is 10.3 Å². The number of methoxy groups -OCH3 is 1. The first-order valence-electron chi connectivity index (χ1n) is 7.44. The molecule has 1 aromatic carbocycles. The molecule has 112 valence electrons. The molecule has 1 heterocycles. The van der Waals surface area contributed by atoms with Gasteiger partial charge in [0.2, 0.25) is 5.88 Å². The van der Waals surface area contributed by atoms with Crippen LogP contribution in [0.2, 0.25) is 0 Å². The number of benzene rings is 1. The molecule has 3 heteroatoms. The van der Waals surface area contributed by atoms with Crippen LogP contribution in [-0.2, 0) is 6.42 Å². The third-order valence-corrected chi connectivity index (χ3v) is 3.83. The van der Waals surface area contributed by atoms with Crippen molar-refractivity contribution in [3.63, 3.8) is 0 Å². The van der Waals surface area contributed by atoms with Crippen LogP contribution in [0.25, 0.3) is 0 Å². The zero-order valence-electron chi connectivity index (χ0n) is 13.3. The first-order chi connectivity index (χ1) is 10.2. The highest BCUT2D eigenvalue weighted by molar-refractivity contribution is 5.34. The highest BCUT2D eigenvalue weighted by Gasteiger charge is 2.16. The molecule has 0 bridgehead atoms. The predicted octanol–water partition coefficient (Wildman–Crippen LogP) is 3.60. The third kappa shape index (κ3) is 3.82. The standard InChI is InChI=1S/C18H24N2O/c1-5-19-17(16-7-6-10-20-18(16)21-4)12-15-9-8-13(2)14(3)11-15/h6-11,17,19H,5,12H2,1-4H3. The molecule has 1 atom stereocenters. The van der Waals surface area contributed by atoms with Crippen LogP contribution in [0.1, 0.15) is 35.2 Å². The third-order valence-electron chi connectivity index (χ3n) is 3.83. The number of hydrogen-bond acceptors (Lipinski definition) is 3. The topological polar surface area (TPSA) is 34.2 Å². The van der Waals surface area contributed by atoms with Gasteiger partial charge in [-0.25, -0.2) is 4.98 Å². The minimum absolute atomic E-state index is 0.209. The Morgan fingerprint density at radius 1 is 1.19 bits per heavy atom. The largest absolute Gasteiger partial charge is 0.481 e. The van der Waals surface area contributed by atoms with E-state index in [1.807, 2.05) is 6.07 Å². The second kappa shape index (κ2) is 7.23. The van der Waals surface area contributed by atoms with Crippen molar-refractivity contribution in [2.75, 3.05) is 13.7 Å². The van der Waals surface area contributed by atoms with E-state index in [1.54, 1.807) is 13.3 Å². The summed E-state index contributed by atoms with van der Waals surface area (Å²) in [5.74, 6) is 0.701. The summed E-state index contributed by atoms with van der Waals surface area (Å²) in [6, 6.07) is 10.9. The monoisotopic (exact) mass is 284 g/mol. The van der Waals surface area contributed by atoms with Gasteiger partial charge in [0.15, 0.2) is 0 Å². The van der Waals surface area contributed by atoms with Crippen LogP contribution < -0.4 is 10.1 Å². The molecule has 0 radical (unpaired) electrons. The average Bonchev–Trinajstić information content (AvgIpc) is 2.50. The van der Waals surface area contributed by atoms with Gasteiger partial charge in [0.25, 0.3) is 0 Å². The van der Waals surface area contributed by atoms with Crippen molar-refractivity contribution < 1.29 is 4.74 Å². The van der Waals surface area contributed by atoms with Gasteiger partial charge >= 0.3 is 0 Å². The van der Waals surface area contributed by atoms with Crippen molar-refractivity contribution >= 4 is 0 Å². The van der Waals surface area contributed by atoms with E-state index in [-0.39, 0.29) is 6.04 Å². The number of likely N-dealkylation sites (N-methyl/N-ethyl adjacent to an activating group) is 1. The molecule has 0 spiro atoms. The van der Waals surface area contributed by atoms with E-state index < -0.39 is 0 Å². The van der Waals surface area contributed by atoms with Crippen molar-refractivity contribution in [3.8, 4) is 5.88 Å². The lowest BCUT2D eigenvalue weighted by atomic mass is 9.97. The van der Waals surface area contributed by atoms with E-state index in [0.29, 0.717) is 5.88 Å². The summed E-state index contributed by atoms with van der Waals surface area (Å²) in [4.78, 5) is 4.31. The fourth-order valence-corrected chi connectivity index (χ4v) is 2.54. The van der Waals surface area contributed by atoms with Crippen LogP contribution >= 0.6 is 0 Å². The van der Waals surface area contributed by atoms with Gasteiger partial charge in [-0.2, -0.15) is 0 Å². The maximum absolute atomic E-state index is 5.40. The summed E-state index contributed by atoms with van der Waals surface area (Å²) in [6.07, 6.45) is 2.69. The first kappa shape index (κ1) is 15.5. The molecule has 1 N–H and O–H groups in total. The van der Waals surface area contributed by atoms with Crippen molar-refractivity contribution in [2.24, 2.45) is 0 Å². The fourth-order valence-electron chi connectivity index (χ4n) is 2.54. The molecule has 2 rings (SSSR count). The molecule has 0 saturated heterocycles. The Labute approximate surface area is 127 Å². The van der Waals surface area contributed by atoms with E-state index in [4.69, 9.17) is 4.74 Å². The molecule has 1 unspecified atom stereocenters. The molecular formula is C18H24N2O. The Balaban J connectivity index is 2.28. The average molecular weight is 284 g/mol. The Hall–Kier alpha value is -1.87. The van der Waals surface area contributed by atoms with E-state index >= 15 is 0 Å². The number of ether oxygens (including phenoxy) is 1. The molecule has 0 amide bonds. The molecule has 3 nitrogen and oxygen atoms in total. The number of nitrogens with zero attached hydrogens (tertiary/aromatic N) is 1. The van der Waals surface area contributed by atoms with Crippen LogP contribution in [0.3, 0.4) is 0 Å².